The molecule has 0 aromatic heterocycles. The standard InChI is InChI=1S/C24H31Cl2N5O/c1-30(2)11-12-32-22-15-20-21(14-19(22)26)29-24(7-9-31(3)10-8-24)23(28-20)27-16-17-5-4-6-18(25)13-17/h4-6,13-15,29H,7-12,16H2,1-3H3,(H,27,28). The first-order chi connectivity index (χ1) is 15.3. The first kappa shape index (κ1) is 23.2. The van der Waals surface area contributed by atoms with Crippen molar-refractivity contribution in [1.29, 1.82) is 0 Å². The lowest BCUT2D eigenvalue weighted by atomic mass is 9.84. The van der Waals surface area contributed by atoms with Crippen LogP contribution in [-0.4, -0.2) is 68.6 Å². The maximum atomic E-state index is 6.56. The molecule has 172 valence electrons. The molecule has 2 aromatic carbocycles. The molecule has 1 saturated heterocycles. The molecule has 0 saturated carbocycles. The normalized spacial score (nSPS) is 17.6. The van der Waals surface area contributed by atoms with Crippen LogP contribution in [0.25, 0.3) is 0 Å². The van der Waals surface area contributed by atoms with Gasteiger partial charge in [-0.3, -0.25) is 0 Å². The SMILES string of the molecule is CN(C)CCOc1cc2c(cc1Cl)NC1(CCN(C)CC1)C(NCc1cccc(Cl)c1)=N2. The number of aliphatic imine (C=N–C) groups is 1. The summed E-state index contributed by atoms with van der Waals surface area (Å²) in [7, 11) is 6.20. The van der Waals surface area contributed by atoms with E-state index in [0.29, 0.717) is 23.9 Å². The van der Waals surface area contributed by atoms with E-state index in [1.165, 1.54) is 0 Å². The van der Waals surface area contributed by atoms with Crippen molar-refractivity contribution >= 4 is 40.4 Å². The van der Waals surface area contributed by atoms with Crippen LogP contribution >= 0.6 is 23.2 Å². The Morgan fingerprint density at radius 1 is 1.19 bits per heavy atom. The smallest absolute Gasteiger partial charge is 0.140 e. The number of halogens is 2. The number of nitrogens with zero attached hydrogens (tertiary/aromatic N) is 3. The lowest BCUT2D eigenvalue weighted by Gasteiger charge is -2.45. The van der Waals surface area contributed by atoms with E-state index in [0.717, 1.165) is 60.3 Å². The van der Waals surface area contributed by atoms with Crippen molar-refractivity contribution in [3.05, 3.63) is 52.0 Å². The highest BCUT2D eigenvalue weighted by Crippen LogP contribution is 2.43. The molecule has 6 nitrogen and oxygen atoms in total. The lowest BCUT2D eigenvalue weighted by molar-refractivity contribution is 0.238. The average Bonchev–Trinajstić information content (AvgIpc) is 2.75. The molecule has 2 heterocycles. The van der Waals surface area contributed by atoms with Crippen molar-refractivity contribution in [3.8, 4) is 5.75 Å². The molecule has 32 heavy (non-hydrogen) atoms. The highest BCUT2D eigenvalue weighted by Gasteiger charge is 2.41. The van der Waals surface area contributed by atoms with Crippen LogP contribution in [0.1, 0.15) is 18.4 Å². The van der Waals surface area contributed by atoms with E-state index in [-0.39, 0.29) is 5.54 Å². The van der Waals surface area contributed by atoms with Gasteiger partial charge in [-0.15, -0.1) is 0 Å². The molecule has 0 atom stereocenters. The van der Waals surface area contributed by atoms with Crippen LogP contribution in [0.3, 0.4) is 0 Å². The van der Waals surface area contributed by atoms with E-state index < -0.39 is 0 Å². The lowest BCUT2D eigenvalue weighted by Crippen LogP contribution is -2.58. The van der Waals surface area contributed by atoms with Crippen LogP contribution in [0.4, 0.5) is 11.4 Å². The van der Waals surface area contributed by atoms with E-state index in [9.17, 15) is 0 Å². The van der Waals surface area contributed by atoms with Gasteiger partial charge in [0, 0.05) is 37.3 Å². The Hall–Kier alpha value is -1.99. The maximum absolute atomic E-state index is 6.56. The average molecular weight is 476 g/mol. The van der Waals surface area contributed by atoms with Crippen molar-refractivity contribution in [2.24, 2.45) is 4.99 Å². The van der Waals surface area contributed by atoms with Crippen molar-refractivity contribution < 1.29 is 4.74 Å². The predicted molar refractivity (Wildman–Crippen MR) is 134 cm³/mol. The van der Waals surface area contributed by atoms with E-state index in [1.807, 2.05) is 44.4 Å². The summed E-state index contributed by atoms with van der Waals surface area (Å²) in [6, 6.07) is 11.8. The number of likely N-dealkylation sites (N-methyl/N-ethyl adjacent to an activating group) is 1. The summed E-state index contributed by atoms with van der Waals surface area (Å²) in [5.41, 5.74) is 2.67. The molecule has 0 radical (unpaired) electrons. The van der Waals surface area contributed by atoms with E-state index in [2.05, 4.69) is 33.5 Å². The molecule has 1 spiro atoms. The third-order valence-corrected chi connectivity index (χ3v) is 6.63. The van der Waals surface area contributed by atoms with Gasteiger partial charge in [0.1, 0.15) is 18.2 Å². The molecule has 2 aliphatic heterocycles. The molecule has 0 unspecified atom stereocenters. The molecular weight excluding hydrogens is 445 g/mol. The number of likely N-dealkylation sites (tertiary alicyclic amines) is 1. The third-order valence-electron chi connectivity index (χ3n) is 6.10. The first-order valence-corrected chi connectivity index (χ1v) is 11.8. The number of fused-ring (bicyclic) bond motifs is 1. The summed E-state index contributed by atoms with van der Waals surface area (Å²) in [5.74, 6) is 1.62. The molecule has 2 aromatic rings. The second-order valence-corrected chi connectivity index (χ2v) is 9.75. The number of anilines is 1. The van der Waals surface area contributed by atoms with Gasteiger partial charge in [0.15, 0.2) is 0 Å². The molecule has 8 heteroatoms. The predicted octanol–water partition coefficient (Wildman–Crippen LogP) is 4.64. The minimum atomic E-state index is -0.241. The fourth-order valence-electron chi connectivity index (χ4n) is 4.13. The second-order valence-electron chi connectivity index (χ2n) is 8.91. The molecular formula is C24H31Cl2N5O. The summed E-state index contributed by atoms with van der Waals surface area (Å²) in [5, 5.41) is 8.72. The van der Waals surface area contributed by atoms with Crippen molar-refractivity contribution in [2.45, 2.75) is 24.9 Å². The highest BCUT2D eigenvalue weighted by molar-refractivity contribution is 6.32. The Morgan fingerprint density at radius 2 is 1.97 bits per heavy atom. The maximum Gasteiger partial charge on any atom is 0.140 e. The molecule has 0 aliphatic carbocycles. The topological polar surface area (TPSA) is 52.1 Å². The van der Waals surface area contributed by atoms with Gasteiger partial charge in [-0.25, -0.2) is 4.99 Å². The van der Waals surface area contributed by atoms with Gasteiger partial charge < -0.3 is 25.2 Å². The Bertz CT molecular complexity index is 986. The minimum absolute atomic E-state index is 0.241. The van der Waals surface area contributed by atoms with Gasteiger partial charge >= 0.3 is 0 Å². The van der Waals surface area contributed by atoms with Crippen molar-refractivity contribution in [1.82, 2.24) is 15.1 Å². The van der Waals surface area contributed by atoms with E-state index in [1.54, 1.807) is 0 Å². The monoisotopic (exact) mass is 475 g/mol. The number of piperidine rings is 1. The Labute approximate surface area is 200 Å². The fraction of sp³-hybridized carbons (Fsp3) is 0.458. The van der Waals surface area contributed by atoms with E-state index in [4.69, 9.17) is 32.9 Å². The number of hydrogen-bond donors (Lipinski definition) is 2. The van der Waals surface area contributed by atoms with Crippen molar-refractivity contribution in [3.63, 3.8) is 0 Å². The largest absolute Gasteiger partial charge is 0.491 e. The summed E-state index contributed by atoms with van der Waals surface area (Å²) in [6.07, 6.45) is 1.92. The number of benzene rings is 2. The van der Waals surface area contributed by atoms with Crippen LogP contribution in [0.2, 0.25) is 10.0 Å². The molecule has 4 rings (SSSR count). The zero-order chi connectivity index (χ0) is 22.7. The number of hydrogen-bond acceptors (Lipinski definition) is 6. The van der Waals surface area contributed by atoms with Gasteiger partial charge in [-0.05, 0) is 57.7 Å². The third kappa shape index (κ3) is 5.31. The highest BCUT2D eigenvalue weighted by atomic mass is 35.5. The Balaban J connectivity index is 1.61. The van der Waals surface area contributed by atoms with Crippen LogP contribution in [0, 0.1) is 0 Å². The number of ether oxygens (including phenoxy) is 1. The molecule has 2 aliphatic rings. The van der Waals surface area contributed by atoms with Crippen LogP contribution in [0.5, 0.6) is 5.75 Å². The van der Waals surface area contributed by atoms with Gasteiger partial charge in [-0.2, -0.15) is 0 Å². The molecule has 0 bridgehead atoms. The van der Waals surface area contributed by atoms with Gasteiger partial charge in [-0.1, -0.05) is 35.3 Å². The van der Waals surface area contributed by atoms with Crippen LogP contribution in [-0.2, 0) is 6.54 Å². The van der Waals surface area contributed by atoms with Gasteiger partial charge in [0.25, 0.3) is 0 Å². The summed E-state index contributed by atoms with van der Waals surface area (Å²) < 4.78 is 5.93. The molecule has 2 N–H and O–H groups in total. The zero-order valence-electron chi connectivity index (χ0n) is 18.9. The van der Waals surface area contributed by atoms with Crippen LogP contribution in [0.15, 0.2) is 41.4 Å². The van der Waals surface area contributed by atoms with Crippen molar-refractivity contribution in [2.75, 3.05) is 52.7 Å². The minimum Gasteiger partial charge on any atom is -0.491 e. The summed E-state index contributed by atoms with van der Waals surface area (Å²) in [4.78, 5) is 9.50. The molecule has 1 fully saturated rings. The summed E-state index contributed by atoms with van der Waals surface area (Å²) >= 11 is 12.7. The number of nitrogens with one attached hydrogen (secondary N) is 2. The summed E-state index contributed by atoms with van der Waals surface area (Å²) in [6.45, 7) is 4.05. The quantitative estimate of drug-likeness (QED) is 0.636. The Kier molecular flexibility index (Phi) is 7.15. The zero-order valence-corrected chi connectivity index (χ0v) is 20.4. The van der Waals surface area contributed by atoms with Crippen LogP contribution < -0.4 is 15.4 Å². The first-order valence-electron chi connectivity index (χ1n) is 11.0. The molecule has 0 amide bonds. The van der Waals surface area contributed by atoms with E-state index >= 15 is 0 Å². The van der Waals surface area contributed by atoms with Gasteiger partial charge in [0.2, 0.25) is 0 Å². The number of amidine groups is 1. The Morgan fingerprint density at radius 3 is 2.69 bits per heavy atom. The second kappa shape index (κ2) is 9.87. The number of rotatable bonds is 6. The fourth-order valence-corrected chi connectivity index (χ4v) is 4.56. The van der Waals surface area contributed by atoms with Gasteiger partial charge in [0.05, 0.1) is 21.9 Å².